The molecule has 0 amide bonds. The third kappa shape index (κ3) is 4.10. The van der Waals surface area contributed by atoms with Crippen LogP contribution in [-0.2, 0) is 11.2 Å². The number of rotatable bonds is 8. The minimum Gasteiger partial charge on any atom is -0.507 e. The standard InChI is InChI=1S/C16H23BN2O7/c18-16(8-25-9-16)7-19-5-11(6-19)26-12-2-1-10(3-4-17(23)24)14(20)13(12)15(21)22/h1-2,11,20,23-24H,3-9,18H2,(H,21,22). The fourth-order valence-corrected chi connectivity index (χ4v) is 3.21. The van der Waals surface area contributed by atoms with E-state index in [0.717, 1.165) is 0 Å². The number of ether oxygens (including phenoxy) is 2. The summed E-state index contributed by atoms with van der Waals surface area (Å²) in [6.07, 6.45) is -0.0427. The molecule has 0 atom stereocenters. The van der Waals surface area contributed by atoms with Crippen molar-refractivity contribution in [1.82, 2.24) is 4.90 Å². The van der Waals surface area contributed by atoms with Crippen LogP contribution in [0, 0.1) is 0 Å². The second-order valence-corrected chi connectivity index (χ2v) is 7.06. The molecule has 0 aromatic heterocycles. The number of phenols is 1. The zero-order valence-corrected chi connectivity index (χ0v) is 14.3. The van der Waals surface area contributed by atoms with Crippen LogP contribution < -0.4 is 10.5 Å². The van der Waals surface area contributed by atoms with Crippen molar-refractivity contribution in [2.75, 3.05) is 32.8 Å². The molecule has 0 radical (unpaired) electrons. The van der Waals surface area contributed by atoms with Crippen LogP contribution in [0.5, 0.6) is 11.5 Å². The Morgan fingerprint density at radius 3 is 2.62 bits per heavy atom. The lowest BCUT2D eigenvalue weighted by Crippen LogP contribution is -2.67. The maximum absolute atomic E-state index is 11.5. The number of carbonyl (C=O) groups is 1. The first-order valence-corrected chi connectivity index (χ1v) is 8.47. The summed E-state index contributed by atoms with van der Waals surface area (Å²) in [5, 5.41) is 37.5. The summed E-state index contributed by atoms with van der Waals surface area (Å²) in [5.74, 6) is -1.60. The molecule has 9 nitrogen and oxygen atoms in total. The first-order valence-electron chi connectivity index (χ1n) is 8.47. The van der Waals surface area contributed by atoms with Crippen LogP contribution in [0.15, 0.2) is 12.1 Å². The average molecular weight is 366 g/mol. The van der Waals surface area contributed by atoms with Crippen LogP contribution in [0.2, 0.25) is 6.32 Å². The van der Waals surface area contributed by atoms with E-state index in [0.29, 0.717) is 38.4 Å². The summed E-state index contributed by atoms with van der Waals surface area (Å²) < 4.78 is 10.9. The van der Waals surface area contributed by atoms with Gasteiger partial charge in [-0.3, -0.25) is 4.90 Å². The molecule has 1 aromatic rings. The largest absolute Gasteiger partial charge is 0.507 e. The normalized spacial score (nSPS) is 19.5. The van der Waals surface area contributed by atoms with Gasteiger partial charge in [-0.15, -0.1) is 0 Å². The quantitative estimate of drug-likeness (QED) is 0.362. The van der Waals surface area contributed by atoms with Gasteiger partial charge in [0.2, 0.25) is 0 Å². The Morgan fingerprint density at radius 1 is 1.38 bits per heavy atom. The lowest BCUT2D eigenvalue weighted by atomic mass is 9.82. The second kappa shape index (κ2) is 7.41. The van der Waals surface area contributed by atoms with Crippen LogP contribution in [0.25, 0.3) is 0 Å². The fraction of sp³-hybridized carbons (Fsp3) is 0.562. The van der Waals surface area contributed by atoms with Crippen LogP contribution >= 0.6 is 0 Å². The fourth-order valence-electron chi connectivity index (χ4n) is 3.21. The monoisotopic (exact) mass is 366 g/mol. The van der Waals surface area contributed by atoms with E-state index in [1.807, 2.05) is 0 Å². The number of nitrogens with zero attached hydrogens (tertiary/aromatic N) is 1. The Labute approximate surface area is 151 Å². The van der Waals surface area contributed by atoms with Crippen molar-refractivity contribution >= 4 is 13.1 Å². The summed E-state index contributed by atoms with van der Waals surface area (Å²) in [6, 6.07) is 3.03. The molecule has 2 aliphatic heterocycles. The Balaban J connectivity index is 1.62. The zero-order valence-electron chi connectivity index (χ0n) is 14.3. The molecular formula is C16H23BN2O7. The van der Waals surface area contributed by atoms with Crippen molar-refractivity contribution in [2.45, 2.75) is 24.4 Å². The number of aryl methyl sites for hydroxylation is 1. The van der Waals surface area contributed by atoms with E-state index >= 15 is 0 Å². The number of carboxylic acids is 1. The van der Waals surface area contributed by atoms with Crippen LogP contribution in [-0.4, -0.2) is 82.7 Å². The molecule has 0 saturated carbocycles. The topological polar surface area (TPSA) is 146 Å². The third-order valence-corrected chi connectivity index (χ3v) is 4.64. The van der Waals surface area contributed by atoms with E-state index < -0.39 is 18.8 Å². The van der Waals surface area contributed by atoms with E-state index in [-0.39, 0.29) is 35.7 Å². The number of likely N-dealkylation sites (tertiary alicyclic amines) is 1. The van der Waals surface area contributed by atoms with Crippen LogP contribution in [0.1, 0.15) is 15.9 Å². The molecule has 1 aromatic carbocycles. The average Bonchev–Trinajstić information content (AvgIpc) is 2.49. The third-order valence-electron chi connectivity index (χ3n) is 4.64. The highest BCUT2D eigenvalue weighted by Crippen LogP contribution is 2.34. The summed E-state index contributed by atoms with van der Waals surface area (Å²) >= 11 is 0. The smallest absolute Gasteiger partial charge is 0.451 e. The Kier molecular flexibility index (Phi) is 5.40. The summed E-state index contributed by atoms with van der Waals surface area (Å²) in [4.78, 5) is 13.7. The molecule has 6 N–H and O–H groups in total. The van der Waals surface area contributed by atoms with E-state index in [4.69, 9.17) is 25.3 Å². The Bertz CT molecular complexity index is 675. The molecule has 0 unspecified atom stereocenters. The first-order chi connectivity index (χ1) is 12.3. The summed E-state index contributed by atoms with van der Waals surface area (Å²) in [5.41, 5.74) is 5.81. The molecule has 2 heterocycles. The molecule has 10 heteroatoms. The van der Waals surface area contributed by atoms with Gasteiger partial charge >= 0.3 is 13.1 Å². The molecule has 0 bridgehead atoms. The lowest BCUT2D eigenvalue weighted by molar-refractivity contribution is -0.0888. The van der Waals surface area contributed by atoms with Gasteiger partial charge < -0.3 is 35.5 Å². The Hall–Kier alpha value is -1.85. The summed E-state index contributed by atoms with van der Waals surface area (Å²) in [7, 11) is -1.52. The van der Waals surface area contributed by atoms with Crippen LogP contribution in [0.4, 0.5) is 0 Å². The predicted octanol–water partition coefficient (Wildman–Crippen LogP) is -1.10. The lowest BCUT2D eigenvalue weighted by Gasteiger charge is -2.47. The molecule has 0 spiro atoms. The van der Waals surface area contributed by atoms with Crippen LogP contribution in [0.3, 0.4) is 0 Å². The molecule has 3 rings (SSSR count). The second-order valence-electron chi connectivity index (χ2n) is 7.06. The van der Waals surface area contributed by atoms with E-state index in [1.54, 1.807) is 0 Å². The van der Waals surface area contributed by atoms with E-state index in [9.17, 15) is 15.0 Å². The highest BCUT2D eigenvalue weighted by atomic mass is 16.5. The van der Waals surface area contributed by atoms with Gasteiger partial charge in [-0.05, 0) is 24.4 Å². The molecule has 26 heavy (non-hydrogen) atoms. The van der Waals surface area contributed by atoms with Gasteiger partial charge in [0.1, 0.15) is 23.2 Å². The van der Waals surface area contributed by atoms with Crippen molar-refractivity contribution in [3.63, 3.8) is 0 Å². The van der Waals surface area contributed by atoms with E-state index in [2.05, 4.69) is 4.90 Å². The van der Waals surface area contributed by atoms with Gasteiger partial charge in [-0.25, -0.2) is 4.79 Å². The number of aromatic carboxylic acids is 1. The molecular weight excluding hydrogens is 343 g/mol. The molecule has 0 aliphatic carbocycles. The van der Waals surface area contributed by atoms with Crippen molar-refractivity contribution in [2.24, 2.45) is 5.73 Å². The minimum atomic E-state index is -1.52. The zero-order chi connectivity index (χ0) is 18.9. The van der Waals surface area contributed by atoms with Gasteiger partial charge in [0.15, 0.2) is 0 Å². The number of benzene rings is 1. The number of hydrogen-bond acceptors (Lipinski definition) is 8. The number of nitrogens with two attached hydrogens (primary N) is 1. The van der Waals surface area contributed by atoms with Gasteiger partial charge in [-0.1, -0.05) is 6.07 Å². The van der Waals surface area contributed by atoms with Gasteiger partial charge in [0, 0.05) is 19.6 Å². The molecule has 2 fully saturated rings. The van der Waals surface area contributed by atoms with Crippen molar-refractivity contribution < 1.29 is 34.5 Å². The highest BCUT2D eigenvalue weighted by molar-refractivity contribution is 6.41. The molecule has 2 saturated heterocycles. The van der Waals surface area contributed by atoms with Crippen molar-refractivity contribution in [3.8, 4) is 11.5 Å². The van der Waals surface area contributed by atoms with Crippen molar-refractivity contribution in [3.05, 3.63) is 23.3 Å². The summed E-state index contributed by atoms with van der Waals surface area (Å²) in [6.45, 7) is 3.02. The number of aromatic hydroxyl groups is 1. The SMILES string of the molecule is NC1(CN2CC(Oc3ccc(CCB(O)O)c(O)c3C(=O)O)C2)COC1. The van der Waals surface area contributed by atoms with Gasteiger partial charge in [-0.2, -0.15) is 0 Å². The maximum Gasteiger partial charge on any atom is 0.451 e. The highest BCUT2D eigenvalue weighted by Gasteiger charge is 2.40. The molecule has 2 aliphatic rings. The number of hydrogen-bond donors (Lipinski definition) is 5. The first kappa shape index (κ1) is 18.9. The van der Waals surface area contributed by atoms with E-state index in [1.165, 1.54) is 12.1 Å². The molecule has 142 valence electrons. The van der Waals surface area contributed by atoms with Crippen molar-refractivity contribution in [1.29, 1.82) is 0 Å². The maximum atomic E-state index is 11.5. The van der Waals surface area contributed by atoms with Gasteiger partial charge in [0.05, 0.1) is 18.8 Å². The van der Waals surface area contributed by atoms with Gasteiger partial charge in [0.25, 0.3) is 0 Å². The predicted molar refractivity (Wildman–Crippen MR) is 92.4 cm³/mol. The minimum absolute atomic E-state index is 0.00500. The Morgan fingerprint density at radius 2 is 2.08 bits per heavy atom. The number of carboxylic acid groups (broad SMARTS) is 1.